The van der Waals surface area contributed by atoms with Crippen molar-refractivity contribution in [1.29, 1.82) is 0 Å². The zero-order valence-electron chi connectivity index (χ0n) is 10.9. The van der Waals surface area contributed by atoms with Gasteiger partial charge in [-0.05, 0) is 30.9 Å². The highest BCUT2D eigenvalue weighted by molar-refractivity contribution is 7.92. The lowest BCUT2D eigenvalue weighted by molar-refractivity contribution is -0.138. The van der Waals surface area contributed by atoms with Crippen LogP contribution in [0.25, 0.3) is 0 Å². The van der Waals surface area contributed by atoms with Gasteiger partial charge in [0.1, 0.15) is 0 Å². The highest BCUT2D eigenvalue weighted by atomic mass is 32.2. The third-order valence-electron chi connectivity index (χ3n) is 3.80. The number of aliphatic carboxylic acids is 1. The minimum atomic E-state index is -3.38. The molecule has 0 amide bonds. The summed E-state index contributed by atoms with van der Waals surface area (Å²) in [5.74, 6) is -1.73. The number of hydrogen-bond acceptors (Lipinski definition) is 3. The molecule has 0 aliphatic heterocycles. The topological polar surface area (TPSA) is 71.4 Å². The SMILES string of the molecule is CCC(C(=O)O)c1ccccc1S(=O)(=O)C1CCC1. The Bertz CT molecular complexity index is 573. The summed E-state index contributed by atoms with van der Waals surface area (Å²) in [6.07, 6.45) is 2.68. The molecular formula is C14H18O4S. The van der Waals surface area contributed by atoms with Crippen molar-refractivity contribution >= 4 is 15.8 Å². The van der Waals surface area contributed by atoms with E-state index in [0.717, 1.165) is 6.42 Å². The molecule has 0 heterocycles. The van der Waals surface area contributed by atoms with Gasteiger partial charge in [-0.15, -0.1) is 0 Å². The predicted octanol–water partition coefficient (Wildman–Crippen LogP) is 2.59. The Kier molecular flexibility index (Phi) is 3.94. The Morgan fingerprint density at radius 3 is 2.47 bits per heavy atom. The molecular weight excluding hydrogens is 264 g/mol. The summed E-state index contributed by atoms with van der Waals surface area (Å²) in [5.41, 5.74) is 0.421. The first-order valence-corrected chi connectivity index (χ1v) is 8.08. The molecule has 1 N–H and O–H groups in total. The molecule has 104 valence electrons. The van der Waals surface area contributed by atoms with E-state index in [-0.39, 0.29) is 10.1 Å². The van der Waals surface area contributed by atoms with Gasteiger partial charge in [0.15, 0.2) is 9.84 Å². The van der Waals surface area contributed by atoms with Crippen LogP contribution in [0.2, 0.25) is 0 Å². The van der Waals surface area contributed by atoms with Gasteiger partial charge in [-0.1, -0.05) is 31.5 Å². The van der Waals surface area contributed by atoms with Gasteiger partial charge in [0, 0.05) is 0 Å². The van der Waals surface area contributed by atoms with Gasteiger partial charge < -0.3 is 5.11 Å². The maximum absolute atomic E-state index is 12.5. The fourth-order valence-electron chi connectivity index (χ4n) is 2.42. The number of sulfone groups is 1. The molecule has 1 unspecified atom stereocenters. The minimum absolute atomic E-state index is 0.203. The predicted molar refractivity (Wildman–Crippen MR) is 71.9 cm³/mol. The van der Waals surface area contributed by atoms with Crippen LogP contribution in [0, 0.1) is 0 Å². The van der Waals surface area contributed by atoms with E-state index in [2.05, 4.69) is 0 Å². The van der Waals surface area contributed by atoms with Crippen LogP contribution in [-0.4, -0.2) is 24.7 Å². The van der Waals surface area contributed by atoms with E-state index in [1.54, 1.807) is 25.1 Å². The van der Waals surface area contributed by atoms with Gasteiger partial charge in [-0.25, -0.2) is 8.42 Å². The van der Waals surface area contributed by atoms with Crippen molar-refractivity contribution in [1.82, 2.24) is 0 Å². The Balaban J connectivity index is 2.49. The van der Waals surface area contributed by atoms with Gasteiger partial charge in [-0.2, -0.15) is 0 Å². The van der Waals surface area contributed by atoms with Gasteiger partial charge in [0.2, 0.25) is 0 Å². The second-order valence-electron chi connectivity index (χ2n) is 4.93. The average molecular weight is 282 g/mol. The molecule has 4 nitrogen and oxygen atoms in total. The maximum Gasteiger partial charge on any atom is 0.311 e. The summed E-state index contributed by atoms with van der Waals surface area (Å²) in [6, 6.07) is 6.51. The molecule has 1 aromatic carbocycles. The van der Waals surface area contributed by atoms with E-state index in [1.807, 2.05) is 0 Å². The summed E-state index contributed by atoms with van der Waals surface area (Å²) in [5, 5.41) is 8.90. The molecule has 1 atom stereocenters. The van der Waals surface area contributed by atoms with Crippen molar-refractivity contribution in [2.75, 3.05) is 0 Å². The first-order valence-electron chi connectivity index (χ1n) is 6.54. The average Bonchev–Trinajstić information content (AvgIpc) is 2.27. The second kappa shape index (κ2) is 5.33. The third-order valence-corrected chi connectivity index (χ3v) is 6.13. The lowest BCUT2D eigenvalue weighted by Gasteiger charge is -2.27. The molecule has 1 aliphatic carbocycles. The Morgan fingerprint density at radius 1 is 1.37 bits per heavy atom. The molecule has 2 rings (SSSR count). The lowest BCUT2D eigenvalue weighted by atomic mass is 9.97. The largest absolute Gasteiger partial charge is 0.481 e. The van der Waals surface area contributed by atoms with E-state index in [0.29, 0.717) is 24.8 Å². The maximum atomic E-state index is 12.5. The molecule has 5 heteroatoms. The van der Waals surface area contributed by atoms with Gasteiger partial charge in [-0.3, -0.25) is 4.79 Å². The highest BCUT2D eigenvalue weighted by Crippen LogP contribution is 2.35. The molecule has 1 fully saturated rings. The molecule has 19 heavy (non-hydrogen) atoms. The van der Waals surface area contributed by atoms with Crippen LogP contribution in [0.1, 0.15) is 44.1 Å². The van der Waals surface area contributed by atoms with Gasteiger partial charge in [0.25, 0.3) is 0 Å². The van der Waals surface area contributed by atoms with E-state index in [9.17, 15) is 18.3 Å². The lowest BCUT2D eigenvalue weighted by Crippen LogP contribution is -2.29. The van der Waals surface area contributed by atoms with Crippen molar-refractivity contribution in [2.24, 2.45) is 0 Å². The van der Waals surface area contributed by atoms with E-state index >= 15 is 0 Å². The number of carboxylic acids is 1. The zero-order chi connectivity index (χ0) is 14.0. The van der Waals surface area contributed by atoms with E-state index < -0.39 is 21.7 Å². The molecule has 1 saturated carbocycles. The van der Waals surface area contributed by atoms with Crippen molar-refractivity contribution in [3.05, 3.63) is 29.8 Å². The van der Waals surface area contributed by atoms with Crippen LogP contribution in [-0.2, 0) is 14.6 Å². The Labute approximate surface area is 113 Å². The summed E-state index contributed by atoms with van der Waals surface area (Å²) in [4.78, 5) is 11.5. The number of hydrogen-bond donors (Lipinski definition) is 1. The van der Waals surface area contributed by atoms with Crippen LogP contribution < -0.4 is 0 Å². The van der Waals surface area contributed by atoms with Crippen LogP contribution in [0.3, 0.4) is 0 Å². The number of rotatable bonds is 5. The van der Waals surface area contributed by atoms with Gasteiger partial charge in [0.05, 0.1) is 16.1 Å². The van der Waals surface area contributed by atoms with E-state index in [4.69, 9.17) is 0 Å². The minimum Gasteiger partial charge on any atom is -0.481 e. The first kappa shape index (κ1) is 14.1. The molecule has 1 aliphatic rings. The van der Waals surface area contributed by atoms with Crippen molar-refractivity contribution in [3.63, 3.8) is 0 Å². The smallest absolute Gasteiger partial charge is 0.311 e. The molecule has 0 saturated heterocycles. The fraction of sp³-hybridized carbons (Fsp3) is 0.500. The highest BCUT2D eigenvalue weighted by Gasteiger charge is 2.35. The van der Waals surface area contributed by atoms with Crippen molar-refractivity contribution in [3.8, 4) is 0 Å². The van der Waals surface area contributed by atoms with Crippen LogP contribution in [0.15, 0.2) is 29.2 Å². The normalized spacial score (nSPS) is 17.7. The summed E-state index contributed by atoms with van der Waals surface area (Å²) in [7, 11) is -3.38. The number of benzene rings is 1. The fourth-order valence-corrected chi connectivity index (χ4v) is 4.54. The zero-order valence-corrected chi connectivity index (χ0v) is 11.7. The third kappa shape index (κ3) is 2.52. The molecule has 0 spiro atoms. The standard InChI is InChI=1S/C14H18O4S/c1-2-11(14(15)16)12-8-3-4-9-13(12)19(17,18)10-6-5-7-10/h3-4,8-11H,2,5-7H2,1H3,(H,15,16). The van der Waals surface area contributed by atoms with Gasteiger partial charge >= 0.3 is 5.97 Å². The van der Waals surface area contributed by atoms with Crippen LogP contribution in [0.4, 0.5) is 0 Å². The molecule has 1 aromatic rings. The molecule has 0 aromatic heterocycles. The molecule has 0 radical (unpaired) electrons. The Morgan fingerprint density at radius 2 is 2.00 bits per heavy atom. The molecule has 0 bridgehead atoms. The van der Waals surface area contributed by atoms with Crippen LogP contribution >= 0.6 is 0 Å². The van der Waals surface area contributed by atoms with Crippen molar-refractivity contribution in [2.45, 2.75) is 48.7 Å². The second-order valence-corrected chi connectivity index (χ2v) is 7.13. The number of carboxylic acid groups (broad SMARTS) is 1. The quantitative estimate of drug-likeness (QED) is 0.901. The number of carbonyl (C=O) groups is 1. The first-order chi connectivity index (χ1) is 8.98. The summed E-state index contributed by atoms with van der Waals surface area (Å²) >= 11 is 0. The Hall–Kier alpha value is -1.36. The van der Waals surface area contributed by atoms with Crippen molar-refractivity contribution < 1.29 is 18.3 Å². The van der Waals surface area contributed by atoms with Crippen LogP contribution in [0.5, 0.6) is 0 Å². The monoisotopic (exact) mass is 282 g/mol. The summed E-state index contributed by atoms with van der Waals surface area (Å²) < 4.78 is 25.0. The van der Waals surface area contributed by atoms with E-state index in [1.165, 1.54) is 6.07 Å². The summed E-state index contributed by atoms with van der Waals surface area (Å²) in [6.45, 7) is 1.76.